The number of nitrogens with one attached hydrogen (secondary N) is 2. The summed E-state index contributed by atoms with van der Waals surface area (Å²) in [7, 11) is -1.29. The molecule has 0 aliphatic rings. The number of benzene rings is 1. The number of ether oxygens (including phenoxy) is 1. The van der Waals surface area contributed by atoms with Crippen LogP contribution in [-0.2, 0) is 14.6 Å². The predicted molar refractivity (Wildman–Crippen MR) is 99.1 cm³/mol. The third-order valence-electron chi connectivity index (χ3n) is 3.62. The molecule has 1 aromatic carbocycles. The van der Waals surface area contributed by atoms with Crippen LogP contribution in [0.1, 0.15) is 31.9 Å². The van der Waals surface area contributed by atoms with E-state index in [0.717, 1.165) is 6.42 Å². The Labute approximate surface area is 145 Å². The zero-order valence-corrected chi connectivity index (χ0v) is 15.6. The molecule has 0 radical (unpaired) electrons. The van der Waals surface area contributed by atoms with Gasteiger partial charge in [-0.3, -0.25) is 4.99 Å². The molecule has 1 rings (SSSR count). The molecule has 0 spiro atoms. The molecule has 136 valence electrons. The van der Waals surface area contributed by atoms with E-state index in [1.807, 2.05) is 25.1 Å². The molecular formula is C17H29N3O3S. The molecule has 6 nitrogen and oxygen atoms in total. The molecular weight excluding hydrogens is 326 g/mol. The molecule has 2 N–H and O–H groups in total. The van der Waals surface area contributed by atoms with Gasteiger partial charge in [-0.05, 0) is 18.9 Å². The van der Waals surface area contributed by atoms with Crippen molar-refractivity contribution in [2.24, 2.45) is 4.99 Å². The molecule has 1 aromatic rings. The average molecular weight is 356 g/mol. The molecule has 0 aliphatic carbocycles. The highest BCUT2D eigenvalue weighted by atomic mass is 32.2. The number of hydrogen-bond acceptors (Lipinski definition) is 4. The van der Waals surface area contributed by atoms with Crippen molar-refractivity contribution in [3.8, 4) is 0 Å². The van der Waals surface area contributed by atoms with Gasteiger partial charge in [-0.15, -0.1) is 0 Å². The second-order valence-corrected chi connectivity index (χ2v) is 7.91. The van der Waals surface area contributed by atoms with Crippen molar-refractivity contribution in [2.45, 2.75) is 26.4 Å². The first-order valence-corrected chi connectivity index (χ1v) is 10.1. The number of guanidine groups is 1. The van der Waals surface area contributed by atoms with Gasteiger partial charge in [-0.25, -0.2) is 8.42 Å². The van der Waals surface area contributed by atoms with Gasteiger partial charge in [-0.2, -0.15) is 0 Å². The number of rotatable bonds is 10. The zero-order valence-electron chi connectivity index (χ0n) is 14.8. The second-order valence-electron chi connectivity index (χ2n) is 5.44. The summed E-state index contributed by atoms with van der Waals surface area (Å²) in [6.07, 6.45) is 0.911. The lowest BCUT2D eigenvalue weighted by atomic mass is 10.1. The molecule has 0 aliphatic heterocycles. The molecule has 24 heavy (non-hydrogen) atoms. The van der Waals surface area contributed by atoms with Gasteiger partial charge in [0.15, 0.2) is 15.8 Å². The highest BCUT2D eigenvalue weighted by Crippen LogP contribution is 2.15. The summed E-state index contributed by atoms with van der Waals surface area (Å²) in [4.78, 5) is 4.07. The van der Waals surface area contributed by atoms with Gasteiger partial charge in [0.25, 0.3) is 0 Å². The Hall–Kier alpha value is -1.60. The maximum atomic E-state index is 11.4. The average Bonchev–Trinajstić information content (AvgIpc) is 2.60. The van der Waals surface area contributed by atoms with Crippen molar-refractivity contribution >= 4 is 15.8 Å². The molecule has 7 heteroatoms. The molecule has 0 saturated heterocycles. The largest absolute Gasteiger partial charge is 0.374 e. The number of hydrogen-bond donors (Lipinski definition) is 2. The zero-order chi connectivity index (χ0) is 17.8. The van der Waals surface area contributed by atoms with E-state index >= 15 is 0 Å². The Balaban J connectivity index is 2.16. The Morgan fingerprint density at radius 2 is 1.88 bits per heavy atom. The SMILES string of the molecule is CCS(=O)(=O)CCNC(=NC)NCCCOC(C)c1ccccc1. The van der Waals surface area contributed by atoms with Crippen LogP contribution in [0.25, 0.3) is 0 Å². The van der Waals surface area contributed by atoms with Crippen LogP contribution in [0, 0.1) is 0 Å². The summed E-state index contributed by atoms with van der Waals surface area (Å²) in [5, 5.41) is 6.16. The third-order valence-corrected chi connectivity index (χ3v) is 5.33. The summed E-state index contributed by atoms with van der Waals surface area (Å²) >= 11 is 0. The van der Waals surface area contributed by atoms with Crippen LogP contribution < -0.4 is 10.6 Å². The Morgan fingerprint density at radius 3 is 2.50 bits per heavy atom. The van der Waals surface area contributed by atoms with Crippen LogP contribution in [0.2, 0.25) is 0 Å². The lowest BCUT2D eigenvalue weighted by molar-refractivity contribution is 0.0646. The van der Waals surface area contributed by atoms with Crippen LogP contribution in [-0.4, -0.2) is 52.6 Å². The summed E-state index contributed by atoms with van der Waals surface area (Å²) < 4.78 is 28.7. The van der Waals surface area contributed by atoms with Gasteiger partial charge in [0, 0.05) is 32.5 Å². The van der Waals surface area contributed by atoms with Crippen molar-refractivity contribution < 1.29 is 13.2 Å². The van der Waals surface area contributed by atoms with E-state index in [1.165, 1.54) is 5.56 Å². The van der Waals surface area contributed by atoms with Crippen molar-refractivity contribution in [2.75, 3.05) is 38.2 Å². The van der Waals surface area contributed by atoms with Crippen LogP contribution in [0.3, 0.4) is 0 Å². The molecule has 1 atom stereocenters. The number of sulfone groups is 1. The van der Waals surface area contributed by atoms with Crippen molar-refractivity contribution in [1.29, 1.82) is 0 Å². The highest BCUT2D eigenvalue weighted by Gasteiger charge is 2.07. The fraction of sp³-hybridized carbons (Fsp3) is 0.588. The van der Waals surface area contributed by atoms with Gasteiger partial charge in [-0.1, -0.05) is 37.3 Å². The highest BCUT2D eigenvalue weighted by molar-refractivity contribution is 7.91. The molecule has 0 bridgehead atoms. The van der Waals surface area contributed by atoms with E-state index in [4.69, 9.17) is 4.74 Å². The van der Waals surface area contributed by atoms with Gasteiger partial charge >= 0.3 is 0 Å². The second kappa shape index (κ2) is 11.0. The smallest absolute Gasteiger partial charge is 0.191 e. The number of aliphatic imine (C=N–C) groups is 1. The molecule has 0 saturated carbocycles. The lowest BCUT2D eigenvalue weighted by Crippen LogP contribution is -2.40. The molecule has 1 unspecified atom stereocenters. The fourth-order valence-corrected chi connectivity index (χ4v) is 2.75. The Bertz CT molecular complexity index is 588. The van der Waals surface area contributed by atoms with Gasteiger partial charge in [0.1, 0.15) is 0 Å². The minimum Gasteiger partial charge on any atom is -0.374 e. The van der Waals surface area contributed by atoms with E-state index in [2.05, 4.69) is 27.8 Å². The van der Waals surface area contributed by atoms with Gasteiger partial charge in [0.05, 0.1) is 11.9 Å². The summed E-state index contributed by atoms with van der Waals surface area (Å²) in [6, 6.07) is 10.1. The van der Waals surface area contributed by atoms with Gasteiger partial charge in [0.2, 0.25) is 0 Å². The standard InChI is InChI=1S/C17H29N3O3S/c1-4-24(21,22)14-12-20-17(18-3)19-11-8-13-23-15(2)16-9-6-5-7-10-16/h5-7,9-10,15H,4,8,11-14H2,1-3H3,(H2,18,19,20). The molecule has 0 aromatic heterocycles. The van der Waals surface area contributed by atoms with Gasteiger partial charge < -0.3 is 15.4 Å². The fourth-order valence-electron chi connectivity index (χ4n) is 2.05. The molecule has 0 heterocycles. The Morgan fingerprint density at radius 1 is 1.21 bits per heavy atom. The van der Waals surface area contributed by atoms with E-state index < -0.39 is 9.84 Å². The van der Waals surface area contributed by atoms with E-state index in [0.29, 0.717) is 25.7 Å². The van der Waals surface area contributed by atoms with Crippen LogP contribution >= 0.6 is 0 Å². The summed E-state index contributed by atoms with van der Waals surface area (Å²) in [5.41, 5.74) is 1.17. The summed E-state index contributed by atoms with van der Waals surface area (Å²) in [6.45, 7) is 5.40. The molecule has 0 amide bonds. The number of nitrogens with zero attached hydrogens (tertiary/aromatic N) is 1. The first-order chi connectivity index (χ1) is 11.5. The monoisotopic (exact) mass is 355 g/mol. The quantitative estimate of drug-likeness (QED) is 0.380. The van der Waals surface area contributed by atoms with Crippen molar-refractivity contribution in [3.05, 3.63) is 35.9 Å². The van der Waals surface area contributed by atoms with Crippen LogP contribution in [0.5, 0.6) is 0 Å². The first-order valence-electron chi connectivity index (χ1n) is 8.30. The molecule has 0 fully saturated rings. The van der Waals surface area contributed by atoms with Crippen molar-refractivity contribution in [3.63, 3.8) is 0 Å². The van der Waals surface area contributed by atoms with Crippen molar-refractivity contribution in [1.82, 2.24) is 10.6 Å². The van der Waals surface area contributed by atoms with E-state index in [9.17, 15) is 8.42 Å². The first kappa shape index (κ1) is 20.4. The van der Waals surface area contributed by atoms with E-state index in [-0.39, 0.29) is 17.6 Å². The topological polar surface area (TPSA) is 79.8 Å². The minimum absolute atomic E-state index is 0.0721. The maximum Gasteiger partial charge on any atom is 0.191 e. The van der Waals surface area contributed by atoms with Crippen LogP contribution in [0.15, 0.2) is 35.3 Å². The summed E-state index contributed by atoms with van der Waals surface area (Å²) in [5.74, 6) is 0.886. The lowest BCUT2D eigenvalue weighted by Gasteiger charge is -2.14. The predicted octanol–water partition coefficient (Wildman–Crippen LogP) is 1.75. The normalized spacial score (nSPS) is 13.5. The minimum atomic E-state index is -2.95. The third kappa shape index (κ3) is 8.31. The van der Waals surface area contributed by atoms with E-state index in [1.54, 1.807) is 14.0 Å². The maximum absolute atomic E-state index is 11.4. The van der Waals surface area contributed by atoms with Crippen LogP contribution in [0.4, 0.5) is 0 Å². The Kier molecular flexibility index (Phi) is 9.41.